The van der Waals surface area contributed by atoms with Gasteiger partial charge in [-0.3, -0.25) is 0 Å². The van der Waals surface area contributed by atoms with Crippen molar-refractivity contribution in [3.8, 4) is 11.5 Å². The number of aromatic hydroxyl groups is 2. The van der Waals surface area contributed by atoms with E-state index in [4.69, 9.17) is 0 Å². The molecule has 2 aromatic carbocycles. The van der Waals surface area contributed by atoms with Crippen molar-refractivity contribution in [1.82, 2.24) is 0 Å². The molecule has 0 heterocycles. The van der Waals surface area contributed by atoms with E-state index in [-0.39, 0.29) is 11.5 Å². The summed E-state index contributed by atoms with van der Waals surface area (Å²) < 4.78 is 13.5. The fourth-order valence-corrected chi connectivity index (χ4v) is 5.34. The maximum Gasteiger partial charge on any atom is 0.150 e. The lowest BCUT2D eigenvalue weighted by molar-refractivity contribution is 0.477. The Bertz CT molecular complexity index is 588. The zero-order valence-corrected chi connectivity index (χ0v) is 12.4. The minimum atomic E-state index is -3.02. The van der Waals surface area contributed by atoms with Crippen LogP contribution < -0.4 is 10.6 Å². The summed E-state index contributed by atoms with van der Waals surface area (Å²) in [5, 5.41) is 20.9. The van der Waals surface area contributed by atoms with Crippen LogP contribution in [0.3, 0.4) is 0 Å². The van der Waals surface area contributed by atoms with Crippen LogP contribution in [0.5, 0.6) is 11.5 Å². The molecule has 0 fully saturated rings. The molecule has 20 heavy (non-hydrogen) atoms. The molecule has 0 spiro atoms. The molecule has 0 aromatic heterocycles. The predicted molar refractivity (Wildman–Crippen MR) is 82.9 cm³/mol. The van der Waals surface area contributed by atoms with E-state index in [1.807, 2.05) is 6.92 Å². The molecule has 0 radical (unpaired) electrons. The van der Waals surface area contributed by atoms with Gasteiger partial charge in [-0.15, -0.1) is 0 Å². The normalized spacial score (nSPS) is 11.4. The topological polar surface area (TPSA) is 57.5 Å². The molecule has 0 unspecified atom stereocenters. The average Bonchev–Trinajstić information content (AvgIpc) is 2.46. The lowest BCUT2D eigenvalue weighted by Crippen LogP contribution is -2.19. The fourth-order valence-electron chi connectivity index (χ4n) is 2.29. The van der Waals surface area contributed by atoms with Gasteiger partial charge in [0.25, 0.3) is 0 Å². The van der Waals surface area contributed by atoms with Crippen LogP contribution in [0.1, 0.15) is 19.8 Å². The highest BCUT2D eigenvalue weighted by atomic mass is 31.2. The Kier molecular flexibility index (Phi) is 4.51. The molecule has 0 aliphatic carbocycles. The second-order valence-corrected chi connectivity index (χ2v) is 7.68. The highest BCUT2D eigenvalue weighted by Crippen LogP contribution is 2.48. The third-order valence-corrected chi connectivity index (χ3v) is 6.63. The van der Waals surface area contributed by atoms with E-state index < -0.39 is 7.14 Å². The van der Waals surface area contributed by atoms with E-state index >= 15 is 0 Å². The number of phenols is 2. The number of phenolic OH excluding ortho intramolecular Hbond substituents is 2. The van der Waals surface area contributed by atoms with E-state index in [0.717, 1.165) is 12.8 Å². The summed E-state index contributed by atoms with van der Waals surface area (Å²) in [5.41, 5.74) is 0. The molecule has 0 aliphatic rings. The van der Waals surface area contributed by atoms with Crippen molar-refractivity contribution < 1.29 is 14.8 Å². The summed E-state index contributed by atoms with van der Waals surface area (Å²) in [7, 11) is -3.02. The Morgan fingerprint density at radius 1 is 0.900 bits per heavy atom. The van der Waals surface area contributed by atoms with Crippen LogP contribution in [-0.4, -0.2) is 16.4 Å². The summed E-state index contributed by atoms with van der Waals surface area (Å²) in [6.07, 6.45) is 2.13. The van der Waals surface area contributed by atoms with Gasteiger partial charge in [-0.2, -0.15) is 0 Å². The molecule has 4 heteroatoms. The van der Waals surface area contributed by atoms with Gasteiger partial charge in [-0.05, 0) is 30.7 Å². The highest BCUT2D eigenvalue weighted by molar-refractivity contribution is 7.79. The predicted octanol–water partition coefficient (Wildman–Crippen LogP) is 3.21. The standard InChI is InChI=1S/C16H19O3P/c1-2-3-12-20(19,15-10-6-4-8-13(15)17)16-11-7-5-9-14(16)18/h4-11,17-18H,2-3,12H2,1H3. The van der Waals surface area contributed by atoms with Gasteiger partial charge < -0.3 is 14.8 Å². The third kappa shape index (κ3) is 2.73. The number of unbranched alkanes of at least 4 members (excludes halogenated alkanes) is 1. The fraction of sp³-hybridized carbons (Fsp3) is 0.250. The van der Waals surface area contributed by atoms with E-state index in [0.29, 0.717) is 16.8 Å². The minimum absolute atomic E-state index is 0.0233. The maximum absolute atomic E-state index is 13.5. The largest absolute Gasteiger partial charge is 0.507 e. The first kappa shape index (κ1) is 14.7. The van der Waals surface area contributed by atoms with Gasteiger partial charge in [0, 0.05) is 6.16 Å². The minimum Gasteiger partial charge on any atom is -0.507 e. The Morgan fingerprint density at radius 3 is 1.75 bits per heavy atom. The Hall–Kier alpha value is -1.73. The van der Waals surface area contributed by atoms with Crippen LogP contribution in [0.15, 0.2) is 48.5 Å². The monoisotopic (exact) mass is 290 g/mol. The van der Waals surface area contributed by atoms with Crippen LogP contribution in [0, 0.1) is 0 Å². The molecular formula is C16H19O3P. The van der Waals surface area contributed by atoms with E-state index in [1.165, 1.54) is 12.1 Å². The second-order valence-electron chi connectivity index (χ2n) is 4.79. The molecule has 0 atom stereocenters. The van der Waals surface area contributed by atoms with Gasteiger partial charge >= 0.3 is 0 Å². The van der Waals surface area contributed by atoms with Crippen LogP contribution in [0.2, 0.25) is 0 Å². The van der Waals surface area contributed by atoms with Crippen molar-refractivity contribution in [2.24, 2.45) is 0 Å². The Labute approximate surface area is 119 Å². The van der Waals surface area contributed by atoms with Crippen molar-refractivity contribution in [1.29, 1.82) is 0 Å². The van der Waals surface area contributed by atoms with Gasteiger partial charge in [-0.1, -0.05) is 37.6 Å². The summed E-state index contributed by atoms with van der Waals surface area (Å²) >= 11 is 0. The van der Waals surface area contributed by atoms with E-state index in [1.54, 1.807) is 36.4 Å². The second kappa shape index (κ2) is 6.15. The van der Waals surface area contributed by atoms with Crippen LogP contribution >= 0.6 is 7.14 Å². The zero-order chi connectivity index (χ0) is 14.6. The van der Waals surface area contributed by atoms with Gasteiger partial charge in [0.15, 0.2) is 7.14 Å². The van der Waals surface area contributed by atoms with Gasteiger partial charge in [0.2, 0.25) is 0 Å². The highest BCUT2D eigenvalue weighted by Gasteiger charge is 2.31. The molecule has 0 bridgehead atoms. The first-order valence-corrected chi connectivity index (χ1v) is 8.65. The molecule has 0 aliphatic heterocycles. The van der Waals surface area contributed by atoms with E-state index in [2.05, 4.69) is 0 Å². The first-order chi connectivity index (χ1) is 9.59. The van der Waals surface area contributed by atoms with Crippen molar-refractivity contribution in [2.75, 3.05) is 6.16 Å². The van der Waals surface area contributed by atoms with Gasteiger partial charge in [0.1, 0.15) is 11.5 Å². The van der Waals surface area contributed by atoms with Gasteiger partial charge in [-0.25, -0.2) is 0 Å². The van der Waals surface area contributed by atoms with Crippen molar-refractivity contribution in [3.05, 3.63) is 48.5 Å². The molecule has 106 valence electrons. The summed E-state index contributed by atoms with van der Waals surface area (Å²) in [5.74, 6) is 0.0466. The van der Waals surface area contributed by atoms with Crippen LogP contribution in [0.25, 0.3) is 0 Å². The van der Waals surface area contributed by atoms with Crippen LogP contribution in [-0.2, 0) is 4.57 Å². The number of rotatable bonds is 5. The molecule has 0 saturated heterocycles. The lowest BCUT2D eigenvalue weighted by atomic mass is 10.3. The molecule has 0 amide bonds. The summed E-state index contributed by atoms with van der Waals surface area (Å²) in [4.78, 5) is 0. The molecular weight excluding hydrogens is 271 g/mol. The summed E-state index contributed by atoms with van der Waals surface area (Å²) in [6.45, 7) is 2.03. The maximum atomic E-state index is 13.5. The Balaban J connectivity index is 2.60. The SMILES string of the molecule is CCCCP(=O)(c1ccccc1O)c1ccccc1O. The molecule has 2 aromatic rings. The number of hydrogen-bond donors (Lipinski definition) is 2. The average molecular weight is 290 g/mol. The molecule has 2 rings (SSSR count). The van der Waals surface area contributed by atoms with Crippen molar-refractivity contribution >= 4 is 17.8 Å². The lowest BCUT2D eigenvalue weighted by Gasteiger charge is -2.20. The molecule has 3 nitrogen and oxygen atoms in total. The quantitative estimate of drug-likeness (QED) is 0.831. The Morgan fingerprint density at radius 2 is 1.35 bits per heavy atom. The summed E-state index contributed by atoms with van der Waals surface area (Å²) in [6, 6.07) is 13.3. The van der Waals surface area contributed by atoms with Crippen LogP contribution in [0.4, 0.5) is 0 Å². The van der Waals surface area contributed by atoms with Crippen molar-refractivity contribution in [2.45, 2.75) is 19.8 Å². The number of para-hydroxylation sites is 2. The first-order valence-electron chi connectivity index (χ1n) is 6.76. The van der Waals surface area contributed by atoms with Gasteiger partial charge in [0.05, 0.1) is 10.6 Å². The van der Waals surface area contributed by atoms with E-state index in [9.17, 15) is 14.8 Å². The molecule has 0 saturated carbocycles. The van der Waals surface area contributed by atoms with Crippen molar-refractivity contribution in [3.63, 3.8) is 0 Å². The molecule has 2 N–H and O–H groups in total. The smallest absolute Gasteiger partial charge is 0.150 e. The zero-order valence-electron chi connectivity index (χ0n) is 11.5. The number of benzene rings is 2. The third-order valence-electron chi connectivity index (χ3n) is 3.37. The number of hydrogen-bond acceptors (Lipinski definition) is 3.